The first-order chi connectivity index (χ1) is 16.9. The fourth-order valence-corrected chi connectivity index (χ4v) is 4.13. The number of nitro benzene ring substituents is 1. The third kappa shape index (κ3) is 4.59. The Balaban J connectivity index is 1.38. The summed E-state index contributed by atoms with van der Waals surface area (Å²) in [6.07, 6.45) is 2.75. The molecule has 5 rings (SSSR count). The van der Waals surface area contributed by atoms with Crippen molar-refractivity contribution in [2.24, 2.45) is 0 Å². The maximum Gasteiger partial charge on any atom is 0.288 e. The fraction of sp³-hybridized carbons (Fsp3) is 0. The molecule has 0 unspecified atom stereocenters. The fourth-order valence-electron chi connectivity index (χ4n) is 3.71. The van der Waals surface area contributed by atoms with E-state index in [0.29, 0.717) is 33.3 Å². The summed E-state index contributed by atoms with van der Waals surface area (Å²) in [6, 6.07) is 20.9. The lowest BCUT2D eigenvalue weighted by atomic mass is 10.0. The second-order valence-corrected chi connectivity index (χ2v) is 8.45. The van der Waals surface area contributed by atoms with Crippen LogP contribution in [0.1, 0.15) is 5.56 Å². The molecule has 1 amide bonds. The van der Waals surface area contributed by atoms with Gasteiger partial charge in [-0.25, -0.2) is 4.98 Å². The Kier molecular flexibility index (Phi) is 5.94. The molecule has 0 saturated heterocycles. The minimum absolute atomic E-state index is 0.0310. The van der Waals surface area contributed by atoms with E-state index in [2.05, 4.69) is 10.3 Å². The molecule has 0 atom stereocenters. The van der Waals surface area contributed by atoms with Crippen LogP contribution in [0.15, 0.2) is 83.3 Å². The van der Waals surface area contributed by atoms with Gasteiger partial charge in [0.2, 0.25) is 11.8 Å². The number of oxazole rings is 1. The van der Waals surface area contributed by atoms with Crippen LogP contribution in [0.4, 0.5) is 11.4 Å². The van der Waals surface area contributed by atoms with E-state index in [4.69, 9.17) is 27.6 Å². The van der Waals surface area contributed by atoms with E-state index in [1.54, 1.807) is 24.3 Å². The lowest BCUT2D eigenvalue weighted by Crippen LogP contribution is -2.07. The van der Waals surface area contributed by atoms with Crippen LogP contribution in [-0.2, 0) is 4.79 Å². The number of nitro groups is 1. The molecule has 0 aliphatic heterocycles. The Bertz CT molecular complexity index is 1660. The summed E-state index contributed by atoms with van der Waals surface area (Å²) in [7, 11) is 0. The molecule has 0 fully saturated rings. The van der Waals surface area contributed by atoms with Crippen LogP contribution < -0.4 is 5.32 Å². The highest BCUT2D eigenvalue weighted by molar-refractivity contribution is 6.36. The van der Waals surface area contributed by atoms with E-state index in [1.165, 1.54) is 24.3 Å². The molecule has 1 aromatic heterocycles. The van der Waals surface area contributed by atoms with Crippen LogP contribution in [0.5, 0.6) is 0 Å². The highest BCUT2D eigenvalue weighted by atomic mass is 35.5. The SMILES string of the molecule is O=C(/C=C/c1ccc(Cl)c([N+](=O)[O-])c1)Nc1ccc2oc(-c3cccc4c(Cl)cccc34)nc2c1. The van der Waals surface area contributed by atoms with E-state index in [1.807, 2.05) is 36.4 Å². The van der Waals surface area contributed by atoms with Gasteiger partial charge in [0, 0.05) is 33.8 Å². The predicted octanol–water partition coefficient (Wildman–Crippen LogP) is 7.51. The van der Waals surface area contributed by atoms with Crippen LogP contribution in [0.2, 0.25) is 10.0 Å². The number of amides is 1. The zero-order valence-corrected chi connectivity index (χ0v) is 19.4. The van der Waals surface area contributed by atoms with E-state index in [9.17, 15) is 14.9 Å². The van der Waals surface area contributed by atoms with Gasteiger partial charge >= 0.3 is 0 Å². The number of nitrogens with zero attached hydrogens (tertiary/aromatic N) is 2. The third-order valence-electron chi connectivity index (χ3n) is 5.35. The minimum atomic E-state index is -0.575. The van der Waals surface area contributed by atoms with E-state index < -0.39 is 10.8 Å². The Morgan fingerprint density at radius 3 is 2.60 bits per heavy atom. The first-order valence-electron chi connectivity index (χ1n) is 10.4. The molecule has 1 N–H and O–H groups in total. The summed E-state index contributed by atoms with van der Waals surface area (Å²) in [5.41, 5.74) is 2.73. The van der Waals surface area contributed by atoms with Gasteiger partial charge in [0.05, 0.1) is 4.92 Å². The van der Waals surface area contributed by atoms with Crippen LogP contribution >= 0.6 is 23.2 Å². The summed E-state index contributed by atoms with van der Waals surface area (Å²) in [4.78, 5) is 27.5. The number of hydrogen-bond donors (Lipinski definition) is 1. The van der Waals surface area contributed by atoms with Crippen LogP contribution in [0, 0.1) is 10.1 Å². The number of benzene rings is 4. The van der Waals surface area contributed by atoms with Crippen molar-refractivity contribution in [3.8, 4) is 11.5 Å². The number of anilines is 1. The summed E-state index contributed by atoms with van der Waals surface area (Å²) in [5, 5.41) is 16.3. The number of aromatic nitrogens is 1. The Hall–Kier alpha value is -4.20. The van der Waals surface area contributed by atoms with Crippen molar-refractivity contribution < 1.29 is 14.1 Å². The van der Waals surface area contributed by atoms with Gasteiger partial charge in [0.15, 0.2) is 5.58 Å². The molecule has 0 bridgehead atoms. The molecule has 172 valence electrons. The van der Waals surface area contributed by atoms with Crippen LogP contribution in [0.25, 0.3) is 39.4 Å². The van der Waals surface area contributed by atoms with Gasteiger partial charge in [-0.05, 0) is 53.4 Å². The zero-order chi connectivity index (χ0) is 24.5. The smallest absolute Gasteiger partial charge is 0.288 e. The first kappa shape index (κ1) is 22.6. The van der Waals surface area contributed by atoms with Gasteiger partial charge < -0.3 is 9.73 Å². The average Bonchev–Trinajstić information content (AvgIpc) is 3.26. The molecule has 1 heterocycles. The number of rotatable bonds is 5. The number of halogens is 2. The standard InChI is InChI=1S/C26H15Cl2N3O4/c27-20-6-2-3-17-18(20)4-1-5-19(17)26-30-22-14-16(9-11-24(22)35-26)29-25(32)12-8-15-7-10-21(28)23(13-15)31(33)34/h1-14H,(H,29,32)/b12-8+. The quantitative estimate of drug-likeness (QED) is 0.152. The Morgan fingerprint density at radius 1 is 0.971 bits per heavy atom. The highest BCUT2D eigenvalue weighted by Crippen LogP contribution is 2.34. The summed E-state index contributed by atoms with van der Waals surface area (Å²) < 4.78 is 5.96. The Morgan fingerprint density at radius 2 is 1.77 bits per heavy atom. The van der Waals surface area contributed by atoms with Crippen molar-refractivity contribution in [2.75, 3.05) is 5.32 Å². The minimum Gasteiger partial charge on any atom is -0.436 e. The molecule has 4 aromatic carbocycles. The van der Waals surface area contributed by atoms with Gasteiger partial charge in [-0.2, -0.15) is 0 Å². The molecule has 7 nitrogen and oxygen atoms in total. The number of carbonyl (C=O) groups is 1. The molecule has 0 aliphatic rings. The molecule has 0 aliphatic carbocycles. The maximum absolute atomic E-state index is 12.4. The normalized spacial score (nSPS) is 11.4. The lowest BCUT2D eigenvalue weighted by molar-refractivity contribution is -0.384. The van der Waals surface area contributed by atoms with Crippen molar-refractivity contribution in [2.45, 2.75) is 0 Å². The molecule has 5 aromatic rings. The number of fused-ring (bicyclic) bond motifs is 2. The van der Waals surface area contributed by atoms with Gasteiger partial charge in [-0.3, -0.25) is 14.9 Å². The summed E-state index contributed by atoms with van der Waals surface area (Å²) in [6.45, 7) is 0. The molecular weight excluding hydrogens is 489 g/mol. The van der Waals surface area contributed by atoms with E-state index >= 15 is 0 Å². The van der Waals surface area contributed by atoms with Crippen molar-refractivity contribution >= 4 is 68.4 Å². The van der Waals surface area contributed by atoms with Crippen molar-refractivity contribution in [3.63, 3.8) is 0 Å². The second-order valence-electron chi connectivity index (χ2n) is 7.63. The zero-order valence-electron chi connectivity index (χ0n) is 17.9. The molecule has 0 radical (unpaired) electrons. The predicted molar refractivity (Wildman–Crippen MR) is 138 cm³/mol. The molecule has 0 saturated carbocycles. The number of hydrogen-bond acceptors (Lipinski definition) is 5. The Labute approximate surface area is 208 Å². The summed E-state index contributed by atoms with van der Waals surface area (Å²) in [5.74, 6) is 0.0370. The average molecular weight is 504 g/mol. The number of carbonyl (C=O) groups excluding carboxylic acids is 1. The number of nitrogens with one attached hydrogen (secondary N) is 1. The molecule has 35 heavy (non-hydrogen) atoms. The van der Waals surface area contributed by atoms with Gasteiger partial charge in [0.25, 0.3) is 5.69 Å². The monoisotopic (exact) mass is 503 g/mol. The van der Waals surface area contributed by atoms with Crippen molar-refractivity contribution in [1.29, 1.82) is 0 Å². The highest BCUT2D eigenvalue weighted by Gasteiger charge is 2.14. The van der Waals surface area contributed by atoms with Gasteiger partial charge in [-0.15, -0.1) is 0 Å². The second kappa shape index (κ2) is 9.21. The largest absolute Gasteiger partial charge is 0.436 e. The van der Waals surface area contributed by atoms with E-state index in [-0.39, 0.29) is 10.7 Å². The lowest BCUT2D eigenvalue weighted by Gasteiger charge is -2.04. The topological polar surface area (TPSA) is 98.3 Å². The summed E-state index contributed by atoms with van der Waals surface area (Å²) >= 11 is 12.1. The molecular formula is C26H15Cl2N3O4. The van der Waals surface area contributed by atoms with Crippen LogP contribution in [0.3, 0.4) is 0 Å². The molecule has 9 heteroatoms. The third-order valence-corrected chi connectivity index (χ3v) is 6.00. The van der Waals surface area contributed by atoms with Crippen molar-refractivity contribution in [3.05, 3.63) is 105 Å². The van der Waals surface area contributed by atoms with Gasteiger partial charge in [0.1, 0.15) is 10.5 Å². The maximum atomic E-state index is 12.4. The molecule has 0 spiro atoms. The van der Waals surface area contributed by atoms with Gasteiger partial charge in [-0.1, -0.05) is 53.5 Å². The van der Waals surface area contributed by atoms with Crippen molar-refractivity contribution in [1.82, 2.24) is 4.98 Å². The van der Waals surface area contributed by atoms with Crippen LogP contribution in [-0.4, -0.2) is 15.8 Å². The first-order valence-corrected chi connectivity index (χ1v) is 11.2. The van der Waals surface area contributed by atoms with E-state index in [0.717, 1.165) is 16.3 Å².